The first kappa shape index (κ1) is 14.5. The van der Waals surface area contributed by atoms with Crippen LogP contribution in [0.4, 0.5) is 4.39 Å². The lowest BCUT2D eigenvalue weighted by Gasteiger charge is -2.15. The topological polar surface area (TPSA) is 29.5 Å². The van der Waals surface area contributed by atoms with E-state index in [9.17, 15) is 9.50 Å². The summed E-state index contributed by atoms with van der Waals surface area (Å²) >= 11 is 0. The normalized spacial score (nSPS) is 20.6. The summed E-state index contributed by atoms with van der Waals surface area (Å²) in [6.45, 7) is 1.10. The molecule has 19 heavy (non-hydrogen) atoms. The molecule has 0 aliphatic carbocycles. The average Bonchev–Trinajstić information content (AvgIpc) is 2.93. The van der Waals surface area contributed by atoms with E-state index in [1.165, 1.54) is 25.0 Å². The van der Waals surface area contributed by atoms with Gasteiger partial charge >= 0.3 is 0 Å². The maximum Gasteiger partial charge on any atom is 0.123 e. The van der Waals surface area contributed by atoms with E-state index in [1.54, 1.807) is 12.1 Å². The molecule has 2 unspecified atom stereocenters. The molecule has 0 aromatic heterocycles. The van der Waals surface area contributed by atoms with Crippen LogP contribution in [0.1, 0.15) is 37.7 Å². The predicted octanol–water partition coefficient (Wildman–Crippen LogP) is 3.33. The predicted molar refractivity (Wildman–Crippen MR) is 73.5 cm³/mol. The average molecular weight is 266 g/mol. The van der Waals surface area contributed by atoms with Crippen molar-refractivity contribution in [1.82, 2.24) is 0 Å². The molecule has 1 heterocycles. The van der Waals surface area contributed by atoms with Gasteiger partial charge in [0, 0.05) is 13.2 Å². The van der Waals surface area contributed by atoms with Crippen molar-refractivity contribution in [2.75, 3.05) is 13.2 Å². The molecule has 2 atom stereocenters. The highest BCUT2D eigenvalue weighted by Crippen LogP contribution is 2.21. The van der Waals surface area contributed by atoms with Gasteiger partial charge < -0.3 is 9.84 Å². The number of benzene rings is 1. The van der Waals surface area contributed by atoms with E-state index >= 15 is 0 Å². The Morgan fingerprint density at radius 2 is 2.11 bits per heavy atom. The van der Waals surface area contributed by atoms with Crippen LogP contribution in [0.25, 0.3) is 0 Å². The van der Waals surface area contributed by atoms with Crippen LogP contribution < -0.4 is 0 Å². The third kappa shape index (κ3) is 4.92. The van der Waals surface area contributed by atoms with Gasteiger partial charge in [-0.25, -0.2) is 4.39 Å². The summed E-state index contributed by atoms with van der Waals surface area (Å²) in [4.78, 5) is 0. The Morgan fingerprint density at radius 3 is 2.74 bits per heavy atom. The van der Waals surface area contributed by atoms with E-state index in [0.717, 1.165) is 37.9 Å². The van der Waals surface area contributed by atoms with Gasteiger partial charge in [0.15, 0.2) is 0 Å². The van der Waals surface area contributed by atoms with E-state index in [-0.39, 0.29) is 18.3 Å². The van der Waals surface area contributed by atoms with Crippen molar-refractivity contribution in [2.24, 2.45) is 5.92 Å². The van der Waals surface area contributed by atoms with Crippen LogP contribution in [-0.2, 0) is 11.2 Å². The standard InChI is InChI=1S/C16H23FO2/c17-15-8-6-13(7-9-15)11-14(12-18)3-1-4-16-5-2-10-19-16/h6-9,14,16,18H,1-5,10-12H2. The molecule has 2 rings (SSSR count). The van der Waals surface area contributed by atoms with Crippen molar-refractivity contribution in [3.63, 3.8) is 0 Å². The summed E-state index contributed by atoms with van der Waals surface area (Å²) in [5, 5.41) is 9.43. The lowest BCUT2D eigenvalue weighted by molar-refractivity contribution is 0.0990. The monoisotopic (exact) mass is 266 g/mol. The van der Waals surface area contributed by atoms with Gasteiger partial charge in [-0.2, -0.15) is 0 Å². The van der Waals surface area contributed by atoms with E-state index in [0.29, 0.717) is 6.10 Å². The van der Waals surface area contributed by atoms with E-state index in [4.69, 9.17) is 4.74 Å². The molecule has 1 N–H and O–H groups in total. The van der Waals surface area contributed by atoms with Gasteiger partial charge in [-0.3, -0.25) is 0 Å². The zero-order valence-electron chi connectivity index (χ0n) is 11.4. The van der Waals surface area contributed by atoms with E-state index < -0.39 is 0 Å². The quantitative estimate of drug-likeness (QED) is 0.820. The number of halogens is 1. The third-order valence-corrected chi connectivity index (χ3v) is 3.86. The lowest BCUT2D eigenvalue weighted by Crippen LogP contribution is -2.12. The van der Waals surface area contributed by atoms with Gasteiger partial charge in [-0.1, -0.05) is 18.6 Å². The Kier molecular flexibility index (Phi) is 5.80. The molecule has 1 aliphatic rings. The van der Waals surface area contributed by atoms with Crippen molar-refractivity contribution >= 4 is 0 Å². The number of hydrogen-bond acceptors (Lipinski definition) is 2. The molecule has 1 aromatic rings. The third-order valence-electron chi connectivity index (χ3n) is 3.86. The Morgan fingerprint density at radius 1 is 1.32 bits per heavy atom. The van der Waals surface area contributed by atoms with Crippen LogP contribution >= 0.6 is 0 Å². The summed E-state index contributed by atoms with van der Waals surface area (Å²) in [5.41, 5.74) is 1.09. The summed E-state index contributed by atoms with van der Waals surface area (Å²) in [7, 11) is 0. The van der Waals surface area contributed by atoms with Gasteiger partial charge in [-0.15, -0.1) is 0 Å². The van der Waals surface area contributed by atoms with Crippen molar-refractivity contribution in [2.45, 2.75) is 44.6 Å². The Balaban J connectivity index is 1.71. The first-order valence-corrected chi connectivity index (χ1v) is 7.25. The Labute approximate surface area is 114 Å². The molecule has 0 spiro atoms. The molecule has 106 valence electrons. The van der Waals surface area contributed by atoms with Crippen molar-refractivity contribution in [3.8, 4) is 0 Å². The van der Waals surface area contributed by atoms with Crippen LogP contribution in [0.15, 0.2) is 24.3 Å². The summed E-state index contributed by atoms with van der Waals surface area (Å²) < 4.78 is 18.4. The van der Waals surface area contributed by atoms with Gasteiger partial charge in [0.2, 0.25) is 0 Å². The van der Waals surface area contributed by atoms with E-state index in [2.05, 4.69) is 0 Å². The molecular weight excluding hydrogens is 243 g/mol. The second-order valence-corrected chi connectivity index (χ2v) is 5.45. The molecule has 1 fully saturated rings. The number of aliphatic hydroxyl groups excluding tert-OH is 1. The molecule has 3 heteroatoms. The fourth-order valence-electron chi connectivity index (χ4n) is 2.72. The number of hydrogen-bond donors (Lipinski definition) is 1. The molecule has 0 radical (unpaired) electrons. The van der Waals surface area contributed by atoms with Gasteiger partial charge in [0.25, 0.3) is 0 Å². The number of ether oxygens (including phenoxy) is 1. The minimum atomic E-state index is -0.206. The number of rotatable bonds is 7. The molecule has 1 saturated heterocycles. The van der Waals surface area contributed by atoms with Gasteiger partial charge in [0.05, 0.1) is 6.10 Å². The Hall–Kier alpha value is -0.930. The SMILES string of the molecule is OCC(CCCC1CCCO1)Cc1ccc(F)cc1. The minimum Gasteiger partial charge on any atom is -0.396 e. The summed E-state index contributed by atoms with van der Waals surface area (Å²) in [6.07, 6.45) is 6.82. The fourth-order valence-corrected chi connectivity index (χ4v) is 2.72. The smallest absolute Gasteiger partial charge is 0.123 e. The van der Waals surface area contributed by atoms with Crippen LogP contribution in [0.5, 0.6) is 0 Å². The van der Waals surface area contributed by atoms with Crippen LogP contribution in [0, 0.1) is 11.7 Å². The van der Waals surface area contributed by atoms with Crippen molar-refractivity contribution < 1.29 is 14.2 Å². The maximum atomic E-state index is 12.8. The fraction of sp³-hybridized carbons (Fsp3) is 0.625. The molecule has 2 nitrogen and oxygen atoms in total. The molecule has 0 bridgehead atoms. The highest BCUT2D eigenvalue weighted by Gasteiger charge is 2.16. The van der Waals surface area contributed by atoms with Gasteiger partial charge in [-0.05, 0) is 55.7 Å². The maximum absolute atomic E-state index is 12.8. The van der Waals surface area contributed by atoms with Crippen molar-refractivity contribution in [1.29, 1.82) is 0 Å². The highest BCUT2D eigenvalue weighted by molar-refractivity contribution is 5.16. The first-order valence-electron chi connectivity index (χ1n) is 7.25. The van der Waals surface area contributed by atoms with E-state index in [1.807, 2.05) is 0 Å². The molecule has 0 saturated carbocycles. The molecule has 1 aromatic carbocycles. The van der Waals surface area contributed by atoms with Crippen LogP contribution in [0.3, 0.4) is 0 Å². The van der Waals surface area contributed by atoms with Crippen LogP contribution in [-0.4, -0.2) is 24.4 Å². The number of aliphatic hydroxyl groups is 1. The minimum absolute atomic E-state index is 0.197. The molecular formula is C16H23FO2. The summed E-state index contributed by atoms with van der Waals surface area (Å²) in [6, 6.07) is 6.57. The van der Waals surface area contributed by atoms with Crippen molar-refractivity contribution in [3.05, 3.63) is 35.6 Å². The zero-order chi connectivity index (χ0) is 13.5. The Bertz CT molecular complexity index is 358. The first-order chi connectivity index (χ1) is 9.28. The second kappa shape index (κ2) is 7.61. The zero-order valence-corrected chi connectivity index (χ0v) is 11.4. The largest absolute Gasteiger partial charge is 0.396 e. The van der Waals surface area contributed by atoms with Crippen LogP contribution in [0.2, 0.25) is 0 Å². The van der Waals surface area contributed by atoms with Gasteiger partial charge in [0.1, 0.15) is 5.82 Å². The molecule has 0 amide bonds. The second-order valence-electron chi connectivity index (χ2n) is 5.45. The summed E-state index contributed by atoms with van der Waals surface area (Å²) in [5.74, 6) is 0.0644. The molecule has 1 aliphatic heterocycles. The highest BCUT2D eigenvalue weighted by atomic mass is 19.1. The lowest BCUT2D eigenvalue weighted by atomic mass is 9.94.